The van der Waals surface area contributed by atoms with Gasteiger partial charge in [0.05, 0.1) is 17.6 Å². The van der Waals surface area contributed by atoms with Gasteiger partial charge >= 0.3 is 0 Å². The summed E-state index contributed by atoms with van der Waals surface area (Å²) < 4.78 is 7.57. The Morgan fingerprint density at radius 3 is 2.68 bits per heavy atom. The summed E-state index contributed by atoms with van der Waals surface area (Å²) in [6.45, 7) is 9.94. The van der Waals surface area contributed by atoms with Crippen LogP contribution >= 0.6 is 23.1 Å². The lowest BCUT2D eigenvalue weighted by molar-refractivity contribution is 0.101. The van der Waals surface area contributed by atoms with Crippen LogP contribution in [0.2, 0.25) is 0 Å². The molecule has 1 aromatic carbocycles. The summed E-state index contributed by atoms with van der Waals surface area (Å²) in [5.74, 6) is 1.19. The number of rotatable bonds is 7. The second kappa shape index (κ2) is 8.49. The van der Waals surface area contributed by atoms with Crippen LogP contribution in [0.1, 0.15) is 47.6 Å². The van der Waals surface area contributed by atoms with Gasteiger partial charge in [-0.05, 0) is 52.3 Å². The summed E-state index contributed by atoms with van der Waals surface area (Å²) in [6, 6.07) is 7.25. The fourth-order valence-corrected chi connectivity index (χ4v) is 5.03. The number of para-hydroxylation sites is 1. The molecule has 0 aliphatic rings. The lowest BCUT2D eigenvalue weighted by atomic mass is 10.1. The number of aryl methyl sites for hydroxylation is 2. The standard InChI is InChI=1S/C21H24N2O3S2/c1-12(2)23-20(25)18-13(3)15(5)28-19(18)22-21(23)27-11-10-26-17-9-7-6-8-16(17)14(4)24/h6-9,12H,10-11H2,1-5H3. The Morgan fingerprint density at radius 1 is 1.29 bits per heavy atom. The van der Waals surface area contributed by atoms with Gasteiger partial charge in [-0.1, -0.05) is 23.9 Å². The summed E-state index contributed by atoms with van der Waals surface area (Å²) in [6.07, 6.45) is 0. The van der Waals surface area contributed by atoms with E-state index in [0.717, 1.165) is 20.7 Å². The number of benzene rings is 1. The van der Waals surface area contributed by atoms with Gasteiger partial charge in [-0.3, -0.25) is 14.2 Å². The van der Waals surface area contributed by atoms with E-state index in [9.17, 15) is 9.59 Å². The molecule has 7 heteroatoms. The van der Waals surface area contributed by atoms with Crippen LogP contribution in [0.3, 0.4) is 0 Å². The van der Waals surface area contributed by atoms with Crippen molar-refractivity contribution in [1.82, 2.24) is 9.55 Å². The number of carbonyl (C=O) groups excluding carboxylic acids is 1. The first-order valence-corrected chi connectivity index (χ1v) is 11.0. The molecule has 0 aliphatic carbocycles. The van der Waals surface area contributed by atoms with Crippen LogP contribution in [0.5, 0.6) is 5.75 Å². The summed E-state index contributed by atoms with van der Waals surface area (Å²) in [4.78, 5) is 31.4. The largest absolute Gasteiger partial charge is 0.492 e. The zero-order chi connectivity index (χ0) is 20.4. The third-order valence-corrected chi connectivity index (χ3v) is 6.58. The first-order valence-electron chi connectivity index (χ1n) is 9.19. The Labute approximate surface area is 172 Å². The lowest BCUT2D eigenvalue weighted by Gasteiger charge is -2.15. The van der Waals surface area contributed by atoms with Gasteiger partial charge in [-0.25, -0.2) is 4.98 Å². The minimum Gasteiger partial charge on any atom is -0.492 e. The van der Waals surface area contributed by atoms with E-state index >= 15 is 0 Å². The number of hydrogen-bond donors (Lipinski definition) is 0. The summed E-state index contributed by atoms with van der Waals surface area (Å²) >= 11 is 3.06. The molecule has 28 heavy (non-hydrogen) atoms. The first-order chi connectivity index (χ1) is 13.3. The van der Waals surface area contributed by atoms with Crippen LogP contribution in [0, 0.1) is 13.8 Å². The average molecular weight is 417 g/mol. The van der Waals surface area contributed by atoms with E-state index < -0.39 is 0 Å². The highest BCUT2D eigenvalue weighted by atomic mass is 32.2. The molecule has 0 aliphatic heterocycles. The second-order valence-electron chi connectivity index (χ2n) is 6.88. The number of fused-ring (bicyclic) bond motifs is 1. The highest BCUT2D eigenvalue weighted by Gasteiger charge is 2.18. The maximum atomic E-state index is 13.0. The minimum atomic E-state index is -0.0209. The number of thioether (sulfide) groups is 1. The molecule has 3 rings (SSSR count). The number of carbonyl (C=O) groups is 1. The van der Waals surface area contributed by atoms with E-state index in [4.69, 9.17) is 9.72 Å². The summed E-state index contributed by atoms with van der Waals surface area (Å²) in [7, 11) is 0. The predicted molar refractivity (Wildman–Crippen MR) is 116 cm³/mol. The van der Waals surface area contributed by atoms with Crippen molar-refractivity contribution in [1.29, 1.82) is 0 Å². The molecule has 2 heterocycles. The van der Waals surface area contributed by atoms with Crippen molar-refractivity contribution in [2.75, 3.05) is 12.4 Å². The third-order valence-electron chi connectivity index (χ3n) is 4.56. The molecule has 5 nitrogen and oxygen atoms in total. The number of nitrogens with zero attached hydrogens (tertiary/aromatic N) is 2. The number of ether oxygens (including phenoxy) is 1. The van der Waals surface area contributed by atoms with Crippen molar-refractivity contribution >= 4 is 39.1 Å². The number of thiophene rings is 1. The van der Waals surface area contributed by atoms with Gasteiger partial charge < -0.3 is 4.74 Å². The smallest absolute Gasteiger partial charge is 0.263 e. The van der Waals surface area contributed by atoms with Crippen molar-refractivity contribution < 1.29 is 9.53 Å². The Kier molecular flexibility index (Phi) is 6.25. The van der Waals surface area contributed by atoms with Crippen LogP contribution in [-0.4, -0.2) is 27.7 Å². The van der Waals surface area contributed by atoms with Gasteiger partial charge in [0.2, 0.25) is 0 Å². The van der Waals surface area contributed by atoms with Gasteiger partial charge in [0, 0.05) is 16.7 Å². The van der Waals surface area contributed by atoms with E-state index in [1.165, 1.54) is 18.7 Å². The first kappa shape index (κ1) is 20.6. The molecule has 0 amide bonds. The molecule has 0 spiro atoms. The Balaban J connectivity index is 1.80. The monoisotopic (exact) mass is 416 g/mol. The quantitative estimate of drug-likeness (QED) is 0.234. The highest BCUT2D eigenvalue weighted by Crippen LogP contribution is 2.29. The third kappa shape index (κ3) is 4.00. The Hall–Kier alpha value is -2.12. The molecule has 0 saturated heterocycles. The summed E-state index contributed by atoms with van der Waals surface area (Å²) in [5.41, 5.74) is 1.62. The Bertz CT molecular complexity index is 1080. The molecule has 0 radical (unpaired) electrons. The molecular formula is C21H24N2O3S2. The van der Waals surface area contributed by atoms with E-state index in [2.05, 4.69) is 0 Å². The minimum absolute atomic E-state index is 0.0193. The topological polar surface area (TPSA) is 61.2 Å². The van der Waals surface area contributed by atoms with Crippen molar-refractivity contribution in [2.24, 2.45) is 0 Å². The SMILES string of the molecule is CC(=O)c1ccccc1OCCSc1nc2sc(C)c(C)c2c(=O)n1C(C)C. The normalized spacial score (nSPS) is 11.4. The highest BCUT2D eigenvalue weighted by molar-refractivity contribution is 7.99. The maximum absolute atomic E-state index is 13.0. The van der Waals surface area contributed by atoms with Gasteiger partial charge in [0.15, 0.2) is 10.9 Å². The fraction of sp³-hybridized carbons (Fsp3) is 0.381. The van der Waals surface area contributed by atoms with Crippen LogP contribution in [-0.2, 0) is 0 Å². The molecule has 0 N–H and O–H groups in total. The number of Topliss-reactive ketones (excluding diaryl/α,β-unsaturated/α-hetero) is 1. The van der Waals surface area contributed by atoms with Gasteiger partial charge in [-0.15, -0.1) is 11.3 Å². The molecule has 0 fully saturated rings. The Morgan fingerprint density at radius 2 is 2.00 bits per heavy atom. The van der Waals surface area contributed by atoms with Gasteiger partial charge in [0.25, 0.3) is 5.56 Å². The lowest BCUT2D eigenvalue weighted by Crippen LogP contribution is -2.25. The van der Waals surface area contributed by atoms with Crippen molar-refractivity contribution in [2.45, 2.75) is 45.8 Å². The maximum Gasteiger partial charge on any atom is 0.263 e. The molecule has 2 aromatic heterocycles. The predicted octanol–water partition coefficient (Wildman–Crippen LogP) is 5.03. The van der Waals surface area contributed by atoms with E-state index in [0.29, 0.717) is 28.8 Å². The molecule has 0 saturated carbocycles. The fourth-order valence-electron chi connectivity index (χ4n) is 3.01. The number of ketones is 1. The van der Waals surface area contributed by atoms with Crippen molar-refractivity contribution in [3.8, 4) is 5.75 Å². The van der Waals surface area contributed by atoms with E-state index in [1.54, 1.807) is 28.0 Å². The van der Waals surface area contributed by atoms with E-state index in [1.807, 2.05) is 39.8 Å². The summed E-state index contributed by atoms with van der Waals surface area (Å²) in [5, 5.41) is 1.43. The van der Waals surface area contributed by atoms with Crippen LogP contribution in [0.15, 0.2) is 34.2 Å². The molecular weight excluding hydrogens is 392 g/mol. The molecule has 0 atom stereocenters. The number of hydrogen-bond acceptors (Lipinski definition) is 6. The molecule has 3 aromatic rings. The molecule has 0 bridgehead atoms. The van der Waals surface area contributed by atoms with Gasteiger partial charge in [0.1, 0.15) is 10.6 Å². The van der Waals surface area contributed by atoms with E-state index in [-0.39, 0.29) is 17.4 Å². The van der Waals surface area contributed by atoms with Crippen LogP contribution in [0.25, 0.3) is 10.2 Å². The zero-order valence-electron chi connectivity index (χ0n) is 16.7. The second-order valence-corrected chi connectivity index (χ2v) is 9.14. The van der Waals surface area contributed by atoms with Crippen LogP contribution < -0.4 is 10.3 Å². The molecule has 148 valence electrons. The van der Waals surface area contributed by atoms with Gasteiger partial charge in [-0.2, -0.15) is 0 Å². The average Bonchev–Trinajstić information content (AvgIpc) is 2.92. The molecule has 0 unspecified atom stereocenters. The zero-order valence-corrected chi connectivity index (χ0v) is 18.4. The number of aromatic nitrogens is 2. The van der Waals surface area contributed by atoms with Crippen LogP contribution in [0.4, 0.5) is 0 Å². The van der Waals surface area contributed by atoms with Crippen molar-refractivity contribution in [3.63, 3.8) is 0 Å². The van der Waals surface area contributed by atoms with Crippen molar-refractivity contribution in [3.05, 3.63) is 50.6 Å².